The summed E-state index contributed by atoms with van der Waals surface area (Å²) in [6.45, 7) is 7.33. The Morgan fingerprint density at radius 3 is 2.41 bits per heavy atom. The highest BCUT2D eigenvalue weighted by Crippen LogP contribution is 2.35. The van der Waals surface area contributed by atoms with Crippen molar-refractivity contribution in [2.24, 2.45) is 5.92 Å². The van der Waals surface area contributed by atoms with Gasteiger partial charge in [0, 0.05) is 19.6 Å². The fraction of sp³-hybridized carbons (Fsp3) is 0.548. The number of hydrogen-bond donors (Lipinski definition) is 1. The zero-order valence-corrected chi connectivity index (χ0v) is 22.7. The standard InChI is InChI=1S/C31H43N3O3/c1-24(2)21-28-29(35)34(23-26-14-10-15-27(22-26)37-3)31(30(36)32-28)16-19-33(20-17-31)18-9-5-8-13-25-11-6-4-7-12-25/h4,6-7,10-12,14-15,22,24,28H,5,8-9,13,16-21,23H2,1-3H3,(H,32,36)/t28-/m0/s1. The summed E-state index contributed by atoms with van der Waals surface area (Å²) in [5.74, 6) is 1.15. The summed E-state index contributed by atoms with van der Waals surface area (Å²) < 4.78 is 5.41. The van der Waals surface area contributed by atoms with E-state index in [9.17, 15) is 9.59 Å². The molecule has 4 rings (SSSR count). The fourth-order valence-corrected chi connectivity index (χ4v) is 5.82. The number of likely N-dealkylation sites (tertiary alicyclic amines) is 1. The number of unbranched alkanes of at least 4 members (excludes halogenated alkanes) is 2. The molecule has 6 heteroatoms. The highest BCUT2D eigenvalue weighted by Gasteiger charge is 2.53. The number of nitrogens with zero attached hydrogens (tertiary/aromatic N) is 2. The van der Waals surface area contributed by atoms with Gasteiger partial charge in [0.25, 0.3) is 0 Å². The van der Waals surface area contributed by atoms with Gasteiger partial charge >= 0.3 is 0 Å². The average molecular weight is 506 g/mol. The Hall–Kier alpha value is -2.86. The minimum Gasteiger partial charge on any atom is -0.497 e. The first-order valence-corrected chi connectivity index (χ1v) is 13.9. The van der Waals surface area contributed by atoms with Gasteiger partial charge in [0.1, 0.15) is 17.3 Å². The number of piperazine rings is 1. The van der Waals surface area contributed by atoms with E-state index >= 15 is 0 Å². The number of aryl methyl sites for hydroxylation is 1. The van der Waals surface area contributed by atoms with Crippen molar-refractivity contribution in [3.63, 3.8) is 0 Å². The highest BCUT2D eigenvalue weighted by atomic mass is 16.5. The van der Waals surface area contributed by atoms with Crippen molar-refractivity contribution in [3.8, 4) is 5.75 Å². The Morgan fingerprint density at radius 1 is 0.973 bits per heavy atom. The summed E-state index contributed by atoms with van der Waals surface area (Å²) >= 11 is 0. The van der Waals surface area contributed by atoms with Crippen molar-refractivity contribution in [2.45, 2.75) is 76.9 Å². The van der Waals surface area contributed by atoms with Crippen molar-refractivity contribution in [3.05, 3.63) is 65.7 Å². The van der Waals surface area contributed by atoms with Crippen molar-refractivity contribution in [1.29, 1.82) is 0 Å². The third kappa shape index (κ3) is 6.72. The third-order valence-electron chi connectivity index (χ3n) is 7.96. The number of methoxy groups -OCH3 is 1. The first-order chi connectivity index (χ1) is 17.9. The number of piperidine rings is 1. The molecule has 1 N–H and O–H groups in total. The number of carbonyl (C=O) groups excluding carboxylic acids is 2. The van der Waals surface area contributed by atoms with Gasteiger partial charge in [-0.2, -0.15) is 0 Å². The molecule has 0 bridgehead atoms. The van der Waals surface area contributed by atoms with Gasteiger partial charge in [-0.15, -0.1) is 0 Å². The topological polar surface area (TPSA) is 61.9 Å². The second-order valence-corrected chi connectivity index (χ2v) is 11.1. The molecule has 2 aliphatic heterocycles. The third-order valence-corrected chi connectivity index (χ3v) is 7.96. The maximum Gasteiger partial charge on any atom is 0.246 e. The van der Waals surface area contributed by atoms with E-state index in [-0.39, 0.29) is 11.8 Å². The molecule has 0 unspecified atom stereocenters. The summed E-state index contributed by atoms with van der Waals surface area (Å²) in [5, 5.41) is 3.11. The van der Waals surface area contributed by atoms with Gasteiger partial charge in [0.05, 0.1) is 7.11 Å². The normalized spacial score (nSPS) is 19.9. The minimum absolute atomic E-state index is 0.0168. The summed E-state index contributed by atoms with van der Waals surface area (Å²) in [6, 6.07) is 18.0. The molecule has 1 atom stereocenters. The van der Waals surface area contributed by atoms with E-state index in [4.69, 9.17) is 4.74 Å². The van der Waals surface area contributed by atoms with Crippen LogP contribution in [-0.4, -0.2) is 59.9 Å². The molecular weight excluding hydrogens is 462 g/mol. The van der Waals surface area contributed by atoms with E-state index in [0.29, 0.717) is 31.7 Å². The Bertz CT molecular complexity index is 1030. The molecule has 6 nitrogen and oxygen atoms in total. The zero-order chi connectivity index (χ0) is 26.3. The molecule has 2 saturated heterocycles. The van der Waals surface area contributed by atoms with Crippen LogP contribution >= 0.6 is 0 Å². The number of benzene rings is 2. The van der Waals surface area contributed by atoms with E-state index in [1.54, 1.807) is 7.11 Å². The lowest BCUT2D eigenvalue weighted by molar-refractivity contribution is -0.162. The molecule has 0 saturated carbocycles. The first-order valence-electron chi connectivity index (χ1n) is 13.9. The maximum atomic E-state index is 13.7. The average Bonchev–Trinajstić information content (AvgIpc) is 2.91. The second kappa shape index (κ2) is 12.6. The molecule has 2 heterocycles. The Balaban J connectivity index is 1.38. The first kappa shape index (κ1) is 27.2. The van der Waals surface area contributed by atoms with Crippen LogP contribution in [0.15, 0.2) is 54.6 Å². The van der Waals surface area contributed by atoms with E-state index in [2.05, 4.69) is 54.4 Å². The summed E-state index contributed by atoms with van der Waals surface area (Å²) in [5.41, 5.74) is 1.62. The van der Waals surface area contributed by atoms with Gasteiger partial charge in [0.15, 0.2) is 0 Å². The molecule has 0 aromatic heterocycles. The van der Waals surface area contributed by atoms with E-state index in [1.165, 1.54) is 18.4 Å². The van der Waals surface area contributed by atoms with Crippen LogP contribution in [0.25, 0.3) is 0 Å². The molecular formula is C31H43N3O3. The molecule has 2 aromatic carbocycles. The number of carbonyl (C=O) groups is 2. The number of ether oxygens (including phenoxy) is 1. The molecule has 2 aliphatic rings. The molecule has 2 amide bonds. The maximum absolute atomic E-state index is 13.7. The van der Waals surface area contributed by atoms with Gasteiger partial charge in [-0.3, -0.25) is 9.59 Å². The predicted octanol–water partition coefficient (Wildman–Crippen LogP) is 4.82. The molecule has 2 fully saturated rings. The Kier molecular flexibility index (Phi) is 9.25. The molecule has 2 aromatic rings. The van der Waals surface area contributed by atoms with Crippen molar-refractivity contribution in [2.75, 3.05) is 26.7 Å². The SMILES string of the molecule is COc1cccc(CN2C(=O)[C@H](CC(C)C)NC(=O)C23CCN(CCCCCc2ccccc2)CC3)c1. The van der Waals surface area contributed by atoms with E-state index in [1.807, 2.05) is 29.2 Å². The lowest BCUT2D eigenvalue weighted by Gasteiger charge is -2.52. The van der Waals surface area contributed by atoms with Crippen LogP contribution in [0.1, 0.15) is 63.5 Å². The minimum atomic E-state index is -0.780. The van der Waals surface area contributed by atoms with Gasteiger partial charge in [-0.1, -0.05) is 62.7 Å². The van der Waals surface area contributed by atoms with Crippen LogP contribution in [0.5, 0.6) is 5.75 Å². The van der Waals surface area contributed by atoms with Crippen LogP contribution in [0, 0.1) is 5.92 Å². The van der Waals surface area contributed by atoms with Crippen molar-refractivity contribution < 1.29 is 14.3 Å². The molecule has 37 heavy (non-hydrogen) atoms. The molecule has 1 spiro atoms. The predicted molar refractivity (Wildman–Crippen MR) is 147 cm³/mol. The van der Waals surface area contributed by atoms with Crippen molar-refractivity contribution in [1.82, 2.24) is 15.1 Å². The van der Waals surface area contributed by atoms with Crippen LogP contribution < -0.4 is 10.1 Å². The monoisotopic (exact) mass is 505 g/mol. The van der Waals surface area contributed by atoms with Gasteiger partial charge in [-0.25, -0.2) is 0 Å². The summed E-state index contributed by atoms with van der Waals surface area (Å²) in [7, 11) is 1.65. The fourth-order valence-electron chi connectivity index (χ4n) is 5.82. The van der Waals surface area contributed by atoms with Crippen LogP contribution in [0.2, 0.25) is 0 Å². The zero-order valence-electron chi connectivity index (χ0n) is 22.7. The second-order valence-electron chi connectivity index (χ2n) is 11.1. The number of rotatable bonds is 11. The Morgan fingerprint density at radius 2 is 1.70 bits per heavy atom. The number of amides is 2. The van der Waals surface area contributed by atoms with E-state index in [0.717, 1.165) is 43.8 Å². The highest BCUT2D eigenvalue weighted by molar-refractivity contribution is 6.00. The Labute approximate surface area is 222 Å². The quantitative estimate of drug-likeness (QED) is 0.445. The lowest BCUT2D eigenvalue weighted by atomic mass is 9.80. The number of nitrogens with one attached hydrogen (secondary N) is 1. The van der Waals surface area contributed by atoms with Crippen LogP contribution in [0.4, 0.5) is 0 Å². The molecule has 0 radical (unpaired) electrons. The molecule has 200 valence electrons. The van der Waals surface area contributed by atoms with Crippen LogP contribution in [-0.2, 0) is 22.6 Å². The van der Waals surface area contributed by atoms with E-state index < -0.39 is 11.6 Å². The van der Waals surface area contributed by atoms with Gasteiger partial charge < -0.3 is 19.9 Å². The van der Waals surface area contributed by atoms with Gasteiger partial charge in [-0.05, 0) is 74.2 Å². The number of hydrogen-bond acceptors (Lipinski definition) is 4. The summed E-state index contributed by atoms with van der Waals surface area (Å²) in [4.78, 5) is 31.7. The van der Waals surface area contributed by atoms with Crippen LogP contribution in [0.3, 0.4) is 0 Å². The molecule has 0 aliphatic carbocycles. The smallest absolute Gasteiger partial charge is 0.246 e. The van der Waals surface area contributed by atoms with Gasteiger partial charge in [0.2, 0.25) is 11.8 Å². The lowest BCUT2D eigenvalue weighted by Crippen LogP contribution is -2.72. The largest absolute Gasteiger partial charge is 0.497 e. The van der Waals surface area contributed by atoms with Crippen molar-refractivity contribution >= 4 is 11.8 Å². The summed E-state index contributed by atoms with van der Waals surface area (Å²) in [6.07, 6.45) is 6.70.